The monoisotopic (exact) mass is 686 g/mol. The Morgan fingerprint density at radius 2 is 1.45 bits per heavy atom. The van der Waals surface area contributed by atoms with E-state index in [0.29, 0.717) is 26.9 Å². The molecular weight excluding hydrogens is 649 g/mol. The second-order valence-electron chi connectivity index (χ2n) is 11.9. The number of carbonyl (C=O) groups is 3. The first-order valence-electron chi connectivity index (χ1n) is 15.1. The second-order valence-corrected chi connectivity index (χ2v) is 14.8. The van der Waals surface area contributed by atoms with Crippen molar-refractivity contribution in [1.82, 2.24) is 10.6 Å². The molecule has 47 heavy (non-hydrogen) atoms. The van der Waals surface area contributed by atoms with Gasteiger partial charge in [-0.1, -0.05) is 117 Å². The Labute approximate surface area is 288 Å². The fourth-order valence-corrected chi connectivity index (χ4v) is 7.86. The smallest absolute Gasteiger partial charge is 0.283 e. The minimum atomic E-state index is -1.73. The van der Waals surface area contributed by atoms with Crippen LogP contribution >= 0.6 is 23.2 Å². The number of carbonyl (C=O) groups excluding carboxylic acids is 3. The average Bonchev–Trinajstić information content (AvgIpc) is 3.07. The molecule has 0 aliphatic rings. The molecule has 0 bridgehead atoms. The zero-order valence-corrected chi connectivity index (χ0v) is 29.5. The maximum Gasteiger partial charge on any atom is 0.283 e. The molecule has 0 aliphatic carbocycles. The number of halogens is 2. The van der Waals surface area contributed by atoms with Crippen LogP contribution in [0.3, 0.4) is 0 Å². The van der Waals surface area contributed by atoms with Gasteiger partial charge in [-0.25, -0.2) is 0 Å². The van der Waals surface area contributed by atoms with Crippen molar-refractivity contribution in [1.29, 1.82) is 0 Å². The SMILES string of the molecule is CNC(=O)c1ccc(/C=C/C(=O)NCC(=O)N(C)c2ccc(Cl)c(C(O[Si](c3ccccc3)c3ccccc3)C(C)(C)C)c2Cl)cc1. The van der Waals surface area contributed by atoms with Crippen LogP contribution in [0.2, 0.25) is 10.0 Å². The molecule has 0 spiro atoms. The molecule has 4 rings (SSSR count). The van der Waals surface area contributed by atoms with Crippen LogP contribution in [-0.4, -0.2) is 47.4 Å². The lowest BCUT2D eigenvalue weighted by Gasteiger charge is -2.36. The summed E-state index contributed by atoms with van der Waals surface area (Å²) in [6, 6.07) is 30.4. The molecule has 243 valence electrons. The molecule has 4 aromatic carbocycles. The van der Waals surface area contributed by atoms with Crippen molar-refractivity contribution < 1.29 is 18.8 Å². The number of hydrogen-bond acceptors (Lipinski definition) is 4. The molecule has 0 saturated carbocycles. The molecule has 0 heterocycles. The second kappa shape index (κ2) is 16.1. The number of benzene rings is 4. The number of likely N-dealkylation sites (N-methyl/N-ethyl adjacent to an activating group) is 1. The minimum absolute atomic E-state index is 0.194. The van der Waals surface area contributed by atoms with E-state index in [0.717, 1.165) is 15.9 Å². The van der Waals surface area contributed by atoms with Gasteiger partial charge in [0, 0.05) is 36.3 Å². The molecule has 4 aromatic rings. The Morgan fingerprint density at radius 3 is 1.98 bits per heavy atom. The minimum Gasteiger partial charge on any atom is -0.400 e. The Hall–Kier alpha value is -4.21. The third kappa shape index (κ3) is 9.20. The summed E-state index contributed by atoms with van der Waals surface area (Å²) in [5.74, 6) is -1.01. The van der Waals surface area contributed by atoms with Crippen molar-refractivity contribution >= 4 is 72.1 Å². The molecule has 0 fully saturated rings. The predicted octanol–water partition coefficient (Wildman–Crippen LogP) is 6.06. The highest BCUT2D eigenvalue weighted by Crippen LogP contribution is 2.46. The largest absolute Gasteiger partial charge is 0.400 e. The van der Waals surface area contributed by atoms with Gasteiger partial charge in [-0.3, -0.25) is 14.4 Å². The molecule has 7 nitrogen and oxygen atoms in total. The maximum atomic E-state index is 13.2. The highest BCUT2D eigenvalue weighted by atomic mass is 35.5. The van der Waals surface area contributed by atoms with Crippen molar-refractivity contribution in [3.63, 3.8) is 0 Å². The van der Waals surface area contributed by atoms with E-state index in [9.17, 15) is 14.4 Å². The van der Waals surface area contributed by atoms with Gasteiger partial charge in [-0.05, 0) is 51.7 Å². The van der Waals surface area contributed by atoms with Crippen LogP contribution in [0.25, 0.3) is 6.08 Å². The number of amides is 3. The van der Waals surface area contributed by atoms with Crippen LogP contribution in [0, 0.1) is 5.41 Å². The summed E-state index contributed by atoms with van der Waals surface area (Å²) in [5, 5.41) is 8.10. The molecule has 0 aliphatic heterocycles. The van der Waals surface area contributed by atoms with Gasteiger partial charge in [0.15, 0.2) is 0 Å². The van der Waals surface area contributed by atoms with Gasteiger partial charge < -0.3 is 20.0 Å². The molecular formula is C37H38Cl2N3O4Si. The molecule has 1 unspecified atom stereocenters. The summed E-state index contributed by atoms with van der Waals surface area (Å²) >= 11 is 13.9. The lowest BCUT2D eigenvalue weighted by molar-refractivity contribution is -0.122. The molecule has 2 N–H and O–H groups in total. The van der Waals surface area contributed by atoms with Crippen molar-refractivity contribution in [3.8, 4) is 0 Å². The van der Waals surface area contributed by atoms with Gasteiger partial charge in [0.1, 0.15) is 0 Å². The van der Waals surface area contributed by atoms with E-state index in [1.165, 1.54) is 11.0 Å². The van der Waals surface area contributed by atoms with E-state index < -0.39 is 26.5 Å². The summed E-state index contributed by atoms with van der Waals surface area (Å²) < 4.78 is 7.04. The fraction of sp³-hybridized carbons (Fsp3) is 0.216. The average molecular weight is 688 g/mol. The van der Waals surface area contributed by atoms with E-state index >= 15 is 0 Å². The predicted molar refractivity (Wildman–Crippen MR) is 193 cm³/mol. The summed E-state index contributed by atoms with van der Waals surface area (Å²) in [4.78, 5) is 38.9. The normalized spacial score (nSPS) is 12.2. The van der Waals surface area contributed by atoms with Gasteiger partial charge >= 0.3 is 0 Å². The summed E-state index contributed by atoms with van der Waals surface area (Å²) in [7, 11) is 1.44. The highest BCUT2D eigenvalue weighted by Gasteiger charge is 2.36. The first kappa shape index (κ1) is 35.6. The molecule has 1 atom stereocenters. The Balaban J connectivity index is 1.53. The van der Waals surface area contributed by atoms with Crippen molar-refractivity contribution in [2.75, 3.05) is 25.5 Å². The molecule has 10 heteroatoms. The number of rotatable bonds is 11. The summed E-state index contributed by atoms with van der Waals surface area (Å²) in [6.07, 6.45) is 2.42. The Morgan fingerprint density at radius 1 is 0.872 bits per heavy atom. The zero-order chi connectivity index (χ0) is 34.1. The van der Waals surface area contributed by atoms with Crippen molar-refractivity contribution in [2.45, 2.75) is 26.9 Å². The fourth-order valence-electron chi connectivity index (χ4n) is 4.86. The maximum absolute atomic E-state index is 13.2. The first-order valence-corrected chi connectivity index (χ1v) is 17.2. The van der Waals surface area contributed by atoms with E-state index in [4.69, 9.17) is 27.6 Å². The summed E-state index contributed by atoms with van der Waals surface area (Å²) in [6.45, 7) is 5.96. The van der Waals surface area contributed by atoms with Crippen LogP contribution in [0.15, 0.2) is 103 Å². The van der Waals surface area contributed by atoms with Crippen LogP contribution in [0.4, 0.5) is 5.69 Å². The Bertz CT molecular complexity index is 1690. The molecule has 0 saturated heterocycles. The number of nitrogens with zero attached hydrogens (tertiary/aromatic N) is 1. The topological polar surface area (TPSA) is 87.7 Å². The number of nitrogens with one attached hydrogen (secondary N) is 2. The zero-order valence-electron chi connectivity index (χ0n) is 27.0. The lowest BCUT2D eigenvalue weighted by atomic mass is 9.84. The Kier molecular flexibility index (Phi) is 12.2. The first-order chi connectivity index (χ1) is 22.4. The van der Waals surface area contributed by atoms with Gasteiger partial charge in [-0.15, -0.1) is 0 Å². The standard InChI is InChI=1S/C37H38Cl2N3O4Si/c1-37(2,3)35(46-47(27-12-8-6-9-13-27)28-14-10-7-11-15-28)33-29(38)21-22-30(34(33)39)42(5)32(44)24-41-31(43)23-18-25-16-19-26(20-17-25)36(45)40-4/h6-23,35H,24H2,1-5H3,(H,40,45)(H,41,43)/b23-18+. The highest BCUT2D eigenvalue weighted by molar-refractivity contribution is 6.80. The van der Waals surface area contributed by atoms with Crippen LogP contribution in [-0.2, 0) is 14.0 Å². The quantitative estimate of drug-likeness (QED) is 0.149. The molecule has 1 radical (unpaired) electrons. The third-order valence-electron chi connectivity index (χ3n) is 7.44. The van der Waals surface area contributed by atoms with Crippen LogP contribution in [0.5, 0.6) is 0 Å². The van der Waals surface area contributed by atoms with Gasteiger partial charge in [0.05, 0.1) is 23.4 Å². The van der Waals surface area contributed by atoms with Crippen LogP contribution < -0.4 is 25.9 Å². The van der Waals surface area contributed by atoms with E-state index in [1.54, 1.807) is 56.6 Å². The van der Waals surface area contributed by atoms with Crippen LogP contribution in [0.1, 0.15) is 48.4 Å². The molecule has 3 amide bonds. The van der Waals surface area contributed by atoms with E-state index in [1.807, 2.05) is 36.4 Å². The third-order valence-corrected chi connectivity index (χ3v) is 10.4. The summed E-state index contributed by atoms with van der Waals surface area (Å²) in [5.41, 5.74) is 1.87. The van der Waals surface area contributed by atoms with Crippen molar-refractivity contribution in [2.24, 2.45) is 5.41 Å². The van der Waals surface area contributed by atoms with Gasteiger partial charge in [-0.2, -0.15) is 0 Å². The number of anilines is 1. The van der Waals surface area contributed by atoms with Crippen molar-refractivity contribution in [3.05, 3.63) is 130 Å². The number of hydrogen-bond donors (Lipinski definition) is 2. The lowest BCUT2D eigenvalue weighted by Crippen LogP contribution is -2.47. The van der Waals surface area contributed by atoms with Gasteiger partial charge in [0.25, 0.3) is 14.9 Å². The molecule has 0 aromatic heterocycles. The van der Waals surface area contributed by atoms with Gasteiger partial charge in [0.2, 0.25) is 11.8 Å². The van der Waals surface area contributed by atoms with E-state index in [-0.39, 0.29) is 18.4 Å². The van der Waals surface area contributed by atoms with E-state index in [2.05, 4.69) is 55.7 Å².